The van der Waals surface area contributed by atoms with Crippen molar-refractivity contribution in [3.05, 3.63) is 0 Å². The van der Waals surface area contributed by atoms with Crippen molar-refractivity contribution in [3.8, 4) is 0 Å². The quantitative estimate of drug-likeness (QED) is 0.683. The van der Waals surface area contributed by atoms with Crippen molar-refractivity contribution in [2.45, 2.75) is 79.1 Å². The summed E-state index contributed by atoms with van der Waals surface area (Å²) in [5.41, 5.74) is 0. The monoisotopic (exact) mass is 260 g/mol. The minimum atomic E-state index is 0. The topological polar surface area (TPSA) is 63.0 Å². The summed E-state index contributed by atoms with van der Waals surface area (Å²) in [7, 11) is 0. The second-order valence-corrected chi connectivity index (χ2v) is 6.04. The minimum Gasteiger partial charge on any atom is -0.412 e. The lowest BCUT2D eigenvalue weighted by molar-refractivity contribution is 0.155. The van der Waals surface area contributed by atoms with Crippen molar-refractivity contribution in [1.82, 2.24) is 0 Å². The van der Waals surface area contributed by atoms with E-state index in [0.717, 1.165) is 23.7 Å². The van der Waals surface area contributed by atoms with Crippen LogP contribution in [-0.2, 0) is 0 Å². The minimum absolute atomic E-state index is 0. The lowest BCUT2D eigenvalue weighted by atomic mass is 9.70. The molecule has 0 amide bonds. The average Bonchev–Trinajstić information content (AvgIpc) is 2.34. The normalized spacial score (nSPS) is 35.3. The van der Waals surface area contributed by atoms with Crippen LogP contribution < -0.4 is 0 Å². The second-order valence-electron chi connectivity index (χ2n) is 6.04. The molecule has 0 heterocycles. The molecular weight excluding hydrogens is 224 g/mol. The Morgan fingerprint density at radius 1 is 0.500 bits per heavy atom. The molecule has 0 bridgehead atoms. The van der Waals surface area contributed by atoms with Crippen LogP contribution in [0.5, 0.6) is 0 Å². The van der Waals surface area contributed by atoms with Gasteiger partial charge in [0, 0.05) is 0 Å². The summed E-state index contributed by atoms with van der Waals surface area (Å²) >= 11 is 0. The Hall–Kier alpha value is -0.0800. The van der Waals surface area contributed by atoms with E-state index >= 15 is 0 Å². The molecule has 0 spiro atoms. The molecule has 0 aliphatic heterocycles. The van der Waals surface area contributed by atoms with Gasteiger partial charge in [-0.1, -0.05) is 53.4 Å². The first-order chi connectivity index (χ1) is 7.75. The van der Waals surface area contributed by atoms with E-state index in [-0.39, 0.29) is 11.0 Å². The molecule has 0 atom stereocenters. The number of hydrogen-bond acceptors (Lipinski definition) is 0. The first-order valence-corrected chi connectivity index (χ1v) is 7.75. The molecule has 0 saturated heterocycles. The van der Waals surface area contributed by atoms with E-state index in [0.29, 0.717) is 0 Å². The van der Waals surface area contributed by atoms with Crippen molar-refractivity contribution in [3.63, 3.8) is 0 Å². The van der Waals surface area contributed by atoms with Crippen LogP contribution >= 0.6 is 0 Å². The van der Waals surface area contributed by atoms with Gasteiger partial charge in [-0.15, -0.1) is 0 Å². The van der Waals surface area contributed by atoms with Crippen LogP contribution in [0.2, 0.25) is 0 Å². The standard InChI is InChI=1S/C14H26.C2H6.2H2O/c1-11-3-7-13(8-4-11)14-9-5-12(2)6-10-14;1-2;;/h11-14H,3-10H2,1-2H3;1-2H3;2*1H2. The molecule has 0 aromatic heterocycles. The van der Waals surface area contributed by atoms with Gasteiger partial charge in [0.25, 0.3) is 0 Å². The molecule has 2 saturated carbocycles. The third-order valence-corrected chi connectivity index (χ3v) is 4.79. The van der Waals surface area contributed by atoms with Crippen LogP contribution in [-0.4, -0.2) is 11.0 Å². The smallest absolute Gasteiger partial charge is 0.0386 e. The maximum absolute atomic E-state index is 2.43. The van der Waals surface area contributed by atoms with Crippen molar-refractivity contribution in [1.29, 1.82) is 0 Å². The summed E-state index contributed by atoms with van der Waals surface area (Å²) in [5, 5.41) is 0. The van der Waals surface area contributed by atoms with Gasteiger partial charge in [-0.3, -0.25) is 0 Å². The molecule has 18 heavy (non-hydrogen) atoms. The van der Waals surface area contributed by atoms with E-state index in [1.165, 1.54) is 25.7 Å². The van der Waals surface area contributed by atoms with Crippen LogP contribution in [0.1, 0.15) is 79.1 Å². The van der Waals surface area contributed by atoms with E-state index in [9.17, 15) is 0 Å². The van der Waals surface area contributed by atoms with Gasteiger partial charge in [0.2, 0.25) is 0 Å². The first-order valence-electron chi connectivity index (χ1n) is 7.75. The van der Waals surface area contributed by atoms with Crippen molar-refractivity contribution < 1.29 is 11.0 Å². The summed E-state index contributed by atoms with van der Waals surface area (Å²) in [6, 6.07) is 0. The Labute approximate surface area is 114 Å². The van der Waals surface area contributed by atoms with Gasteiger partial charge in [0.15, 0.2) is 0 Å². The summed E-state index contributed by atoms with van der Waals surface area (Å²) in [6.07, 6.45) is 12.2. The third-order valence-electron chi connectivity index (χ3n) is 4.79. The van der Waals surface area contributed by atoms with Gasteiger partial charge in [-0.25, -0.2) is 0 Å². The van der Waals surface area contributed by atoms with Crippen LogP contribution in [0.3, 0.4) is 0 Å². The molecule has 0 aromatic carbocycles. The fourth-order valence-corrected chi connectivity index (χ4v) is 3.51. The Balaban J connectivity index is 0. The summed E-state index contributed by atoms with van der Waals surface area (Å²) < 4.78 is 0. The largest absolute Gasteiger partial charge is 0.412 e. The Kier molecular flexibility index (Phi) is 12.2. The molecule has 2 heteroatoms. The molecule has 0 radical (unpaired) electrons. The van der Waals surface area contributed by atoms with E-state index in [1.54, 1.807) is 25.7 Å². The maximum atomic E-state index is 2.43. The predicted octanol–water partition coefficient (Wildman–Crippen LogP) is 4.02. The average molecular weight is 260 g/mol. The zero-order chi connectivity index (χ0) is 12.0. The Bertz CT molecular complexity index is 146. The van der Waals surface area contributed by atoms with Gasteiger partial charge in [-0.2, -0.15) is 0 Å². The third kappa shape index (κ3) is 6.19. The van der Waals surface area contributed by atoms with E-state index in [4.69, 9.17) is 0 Å². The lowest BCUT2D eigenvalue weighted by Crippen LogP contribution is -2.24. The maximum Gasteiger partial charge on any atom is -0.0386 e. The highest BCUT2D eigenvalue weighted by atomic mass is 16.0. The molecular formula is C16H36O2. The molecule has 4 N–H and O–H groups in total. The molecule has 2 aliphatic rings. The summed E-state index contributed by atoms with van der Waals surface area (Å²) in [6.45, 7) is 8.86. The predicted molar refractivity (Wildman–Crippen MR) is 80.8 cm³/mol. The van der Waals surface area contributed by atoms with E-state index < -0.39 is 0 Å². The zero-order valence-electron chi connectivity index (χ0n) is 13.0. The Morgan fingerprint density at radius 2 is 0.722 bits per heavy atom. The fourth-order valence-electron chi connectivity index (χ4n) is 3.51. The first kappa shape index (κ1) is 20.2. The highest BCUT2D eigenvalue weighted by molar-refractivity contribution is 4.80. The van der Waals surface area contributed by atoms with E-state index in [2.05, 4.69) is 13.8 Å². The van der Waals surface area contributed by atoms with Crippen LogP contribution in [0.25, 0.3) is 0 Å². The van der Waals surface area contributed by atoms with Gasteiger partial charge < -0.3 is 11.0 Å². The number of rotatable bonds is 1. The molecule has 112 valence electrons. The molecule has 2 nitrogen and oxygen atoms in total. The SMILES string of the molecule is CC.CC1CCC(C2CCC(C)CC2)CC1.O.O. The number of hydrogen-bond donors (Lipinski definition) is 0. The fraction of sp³-hybridized carbons (Fsp3) is 1.00. The molecule has 2 rings (SSSR count). The zero-order valence-corrected chi connectivity index (χ0v) is 13.0. The summed E-state index contributed by atoms with van der Waals surface area (Å²) in [4.78, 5) is 0. The second kappa shape index (κ2) is 10.8. The molecule has 2 fully saturated rings. The van der Waals surface area contributed by atoms with Crippen LogP contribution in [0, 0.1) is 23.7 Å². The van der Waals surface area contributed by atoms with E-state index in [1.807, 2.05) is 13.8 Å². The van der Waals surface area contributed by atoms with Crippen LogP contribution in [0.15, 0.2) is 0 Å². The Morgan fingerprint density at radius 3 is 0.944 bits per heavy atom. The lowest BCUT2D eigenvalue weighted by Gasteiger charge is -2.36. The highest BCUT2D eigenvalue weighted by Gasteiger charge is 2.28. The molecule has 0 unspecified atom stereocenters. The van der Waals surface area contributed by atoms with Gasteiger partial charge in [0.1, 0.15) is 0 Å². The molecule has 0 aromatic rings. The van der Waals surface area contributed by atoms with Gasteiger partial charge in [-0.05, 0) is 49.4 Å². The van der Waals surface area contributed by atoms with Crippen molar-refractivity contribution >= 4 is 0 Å². The molecule has 2 aliphatic carbocycles. The van der Waals surface area contributed by atoms with Gasteiger partial charge in [0.05, 0.1) is 0 Å². The highest BCUT2D eigenvalue weighted by Crippen LogP contribution is 2.40. The van der Waals surface area contributed by atoms with Crippen molar-refractivity contribution in [2.24, 2.45) is 23.7 Å². The van der Waals surface area contributed by atoms with Crippen LogP contribution in [0.4, 0.5) is 0 Å². The van der Waals surface area contributed by atoms with Crippen molar-refractivity contribution in [2.75, 3.05) is 0 Å². The van der Waals surface area contributed by atoms with Gasteiger partial charge >= 0.3 is 0 Å². The summed E-state index contributed by atoms with van der Waals surface area (Å²) in [5.74, 6) is 4.26.